The van der Waals surface area contributed by atoms with Crippen LogP contribution < -0.4 is 5.32 Å². The normalized spacial score (nSPS) is 20.6. The lowest BCUT2D eigenvalue weighted by Crippen LogP contribution is -2.29. The van der Waals surface area contributed by atoms with Gasteiger partial charge in [-0.1, -0.05) is 0 Å². The Labute approximate surface area is 113 Å². The number of nitrogens with zero attached hydrogens (tertiary/aromatic N) is 3. The minimum Gasteiger partial charge on any atom is -0.384 e. The minimum absolute atomic E-state index is 0.129. The van der Waals surface area contributed by atoms with Crippen LogP contribution >= 0.6 is 0 Å². The van der Waals surface area contributed by atoms with E-state index in [0.29, 0.717) is 25.6 Å². The zero-order chi connectivity index (χ0) is 13.9. The second-order valence-electron chi connectivity index (χ2n) is 4.47. The average molecular weight is 286 g/mol. The Bertz CT molecular complexity index is 517. The molecule has 2 rings (SSSR count). The molecule has 0 spiro atoms. The predicted octanol–water partition coefficient (Wildman–Crippen LogP) is 0.175. The lowest BCUT2D eigenvalue weighted by molar-refractivity contribution is 0.157. The first-order valence-electron chi connectivity index (χ1n) is 6.07. The van der Waals surface area contributed by atoms with Gasteiger partial charge >= 0.3 is 0 Å². The molecule has 0 amide bonds. The number of nitrogens with one attached hydrogen (secondary N) is 1. The van der Waals surface area contributed by atoms with E-state index < -0.39 is 10.0 Å². The van der Waals surface area contributed by atoms with E-state index >= 15 is 0 Å². The molecule has 0 saturated carbocycles. The third kappa shape index (κ3) is 3.02. The number of hydrogen-bond donors (Lipinski definition) is 1. The summed E-state index contributed by atoms with van der Waals surface area (Å²) in [6.07, 6.45) is 3.48. The summed E-state index contributed by atoms with van der Waals surface area (Å²) in [7, 11) is -0.184. The molecule has 2 heterocycles. The highest BCUT2D eigenvalue weighted by atomic mass is 32.2. The molecular weight excluding hydrogens is 268 g/mol. The fourth-order valence-corrected chi connectivity index (χ4v) is 3.54. The van der Waals surface area contributed by atoms with Crippen molar-refractivity contribution in [1.82, 2.24) is 14.3 Å². The summed E-state index contributed by atoms with van der Waals surface area (Å²) in [5.41, 5.74) is 0. The highest BCUT2D eigenvalue weighted by molar-refractivity contribution is 7.89. The fraction of sp³-hybridized carbons (Fsp3) is 0.636. The summed E-state index contributed by atoms with van der Waals surface area (Å²) in [5.74, 6) is 0.662. The maximum Gasteiger partial charge on any atom is 0.246 e. The van der Waals surface area contributed by atoms with E-state index in [0.717, 1.165) is 6.42 Å². The van der Waals surface area contributed by atoms with Crippen molar-refractivity contribution in [2.45, 2.75) is 11.3 Å². The summed E-state index contributed by atoms with van der Waals surface area (Å²) in [6.45, 7) is 1.59. The number of methoxy groups -OCH3 is 1. The van der Waals surface area contributed by atoms with Crippen molar-refractivity contribution in [3.05, 3.63) is 12.4 Å². The number of sulfonamides is 1. The highest BCUT2D eigenvalue weighted by Crippen LogP contribution is 2.23. The number of aromatic nitrogens is 2. The van der Waals surface area contributed by atoms with Crippen LogP contribution in [0.25, 0.3) is 0 Å². The molecule has 0 aromatic carbocycles. The van der Waals surface area contributed by atoms with Crippen LogP contribution in [-0.2, 0) is 14.8 Å². The van der Waals surface area contributed by atoms with E-state index in [4.69, 9.17) is 4.74 Å². The molecule has 1 unspecified atom stereocenters. The summed E-state index contributed by atoms with van der Waals surface area (Å²) in [6, 6.07) is 0. The van der Waals surface area contributed by atoms with Gasteiger partial charge in [0.25, 0.3) is 0 Å². The summed E-state index contributed by atoms with van der Waals surface area (Å²) in [5, 5.41) is 2.75. The molecular formula is C11H18N4O3S. The first-order chi connectivity index (χ1) is 9.07. The van der Waals surface area contributed by atoms with Crippen LogP contribution in [-0.4, -0.2) is 56.5 Å². The predicted molar refractivity (Wildman–Crippen MR) is 70.3 cm³/mol. The van der Waals surface area contributed by atoms with Crippen LogP contribution in [0.15, 0.2) is 17.3 Å². The van der Waals surface area contributed by atoms with Gasteiger partial charge in [-0.3, -0.25) is 0 Å². The SMILES string of the molecule is CNc1ncc(S(=O)(=O)N2CCC(COC)C2)cn1. The number of anilines is 1. The minimum atomic E-state index is -3.49. The quantitative estimate of drug-likeness (QED) is 0.831. The van der Waals surface area contributed by atoms with Crippen molar-refractivity contribution in [3.8, 4) is 0 Å². The Morgan fingerprint density at radius 1 is 1.47 bits per heavy atom. The molecule has 1 fully saturated rings. The first-order valence-corrected chi connectivity index (χ1v) is 7.51. The number of rotatable bonds is 5. The second-order valence-corrected chi connectivity index (χ2v) is 6.40. The first kappa shape index (κ1) is 14.2. The van der Waals surface area contributed by atoms with E-state index in [-0.39, 0.29) is 10.8 Å². The van der Waals surface area contributed by atoms with E-state index in [1.165, 1.54) is 16.7 Å². The van der Waals surface area contributed by atoms with Crippen molar-refractivity contribution in [2.24, 2.45) is 5.92 Å². The molecule has 1 aliphatic rings. The topological polar surface area (TPSA) is 84.4 Å². The molecule has 8 heteroatoms. The maximum absolute atomic E-state index is 12.4. The van der Waals surface area contributed by atoms with E-state index in [1.807, 2.05) is 0 Å². The van der Waals surface area contributed by atoms with Crippen LogP contribution in [0.1, 0.15) is 6.42 Å². The van der Waals surface area contributed by atoms with Gasteiger partial charge in [0.2, 0.25) is 16.0 Å². The van der Waals surface area contributed by atoms with Crippen LogP contribution in [0, 0.1) is 5.92 Å². The molecule has 1 aromatic heterocycles. The zero-order valence-electron chi connectivity index (χ0n) is 11.0. The van der Waals surface area contributed by atoms with Gasteiger partial charge in [-0.2, -0.15) is 4.31 Å². The zero-order valence-corrected chi connectivity index (χ0v) is 11.9. The smallest absolute Gasteiger partial charge is 0.246 e. The van der Waals surface area contributed by atoms with Gasteiger partial charge in [-0.05, 0) is 12.3 Å². The molecule has 7 nitrogen and oxygen atoms in total. The third-order valence-corrected chi connectivity index (χ3v) is 4.96. The van der Waals surface area contributed by atoms with Gasteiger partial charge in [0.15, 0.2) is 0 Å². The summed E-state index contributed by atoms with van der Waals surface area (Å²) >= 11 is 0. The van der Waals surface area contributed by atoms with Gasteiger partial charge in [0.1, 0.15) is 4.90 Å². The molecule has 1 aromatic rings. The third-order valence-electron chi connectivity index (χ3n) is 3.14. The molecule has 19 heavy (non-hydrogen) atoms. The maximum atomic E-state index is 12.4. The Hall–Kier alpha value is -1.25. The second kappa shape index (κ2) is 5.81. The molecule has 0 radical (unpaired) electrons. The van der Waals surface area contributed by atoms with Crippen molar-refractivity contribution in [2.75, 3.05) is 39.2 Å². The van der Waals surface area contributed by atoms with Crippen LogP contribution in [0.5, 0.6) is 0 Å². The highest BCUT2D eigenvalue weighted by Gasteiger charge is 2.32. The van der Waals surface area contributed by atoms with Crippen molar-refractivity contribution >= 4 is 16.0 Å². The molecule has 1 aliphatic heterocycles. The molecule has 1 N–H and O–H groups in total. The standard InChI is InChI=1S/C11H18N4O3S/c1-12-11-13-5-10(6-14-11)19(16,17)15-4-3-9(7-15)8-18-2/h5-6,9H,3-4,7-8H2,1-2H3,(H,12,13,14). The number of hydrogen-bond acceptors (Lipinski definition) is 6. The van der Waals surface area contributed by atoms with Crippen molar-refractivity contribution in [3.63, 3.8) is 0 Å². The van der Waals surface area contributed by atoms with Gasteiger partial charge < -0.3 is 10.1 Å². The van der Waals surface area contributed by atoms with Gasteiger partial charge in [-0.15, -0.1) is 0 Å². The lowest BCUT2D eigenvalue weighted by Gasteiger charge is -2.16. The molecule has 0 aliphatic carbocycles. The monoisotopic (exact) mass is 286 g/mol. The largest absolute Gasteiger partial charge is 0.384 e. The molecule has 1 saturated heterocycles. The number of ether oxygens (including phenoxy) is 1. The van der Waals surface area contributed by atoms with E-state index in [1.54, 1.807) is 14.2 Å². The van der Waals surface area contributed by atoms with Gasteiger partial charge in [0, 0.05) is 27.2 Å². The van der Waals surface area contributed by atoms with Crippen LogP contribution in [0.2, 0.25) is 0 Å². The average Bonchev–Trinajstić information content (AvgIpc) is 2.89. The van der Waals surface area contributed by atoms with Gasteiger partial charge in [0.05, 0.1) is 19.0 Å². The Morgan fingerprint density at radius 3 is 2.74 bits per heavy atom. The molecule has 1 atom stereocenters. The molecule has 106 valence electrons. The van der Waals surface area contributed by atoms with E-state index in [2.05, 4.69) is 15.3 Å². The molecule has 0 bridgehead atoms. The van der Waals surface area contributed by atoms with Crippen molar-refractivity contribution in [1.29, 1.82) is 0 Å². The Balaban J connectivity index is 2.13. The van der Waals surface area contributed by atoms with Crippen molar-refractivity contribution < 1.29 is 13.2 Å². The van der Waals surface area contributed by atoms with Gasteiger partial charge in [-0.25, -0.2) is 18.4 Å². The fourth-order valence-electron chi connectivity index (χ4n) is 2.11. The summed E-state index contributed by atoms with van der Waals surface area (Å²) in [4.78, 5) is 8.00. The van der Waals surface area contributed by atoms with E-state index in [9.17, 15) is 8.42 Å². The summed E-state index contributed by atoms with van der Waals surface area (Å²) < 4.78 is 31.3. The Kier molecular flexibility index (Phi) is 4.33. The van der Waals surface area contributed by atoms with Crippen LogP contribution in [0.3, 0.4) is 0 Å². The lowest BCUT2D eigenvalue weighted by atomic mass is 10.1. The Morgan fingerprint density at radius 2 is 2.16 bits per heavy atom. The van der Waals surface area contributed by atoms with Crippen LogP contribution in [0.4, 0.5) is 5.95 Å².